The number of hydrogen-bond donors (Lipinski definition) is 2. The van der Waals surface area contributed by atoms with Gasteiger partial charge in [0.05, 0.1) is 12.3 Å². The number of carbonyl (C=O) groups is 1. The third-order valence-electron chi connectivity index (χ3n) is 6.46. The highest BCUT2D eigenvalue weighted by Crippen LogP contribution is 2.28. The third-order valence-corrected chi connectivity index (χ3v) is 6.46. The number of nitrogens with one attached hydrogen (secondary N) is 1. The van der Waals surface area contributed by atoms with Crippen LogP contribution in [0.5, 0.6) is 0 Å². The topological polar surface area (TPSA) is 70.4 Å². The smallest absolute Gasteiger partial charge is 0.272 e. The fraction of sp³-hybridized carbons (Fsp3) is 0.565. The number of aliphatic hydroxyl groups excluding tert-OH is 1. The molecule has 1 fully saturated rings. The van der Waals surface area contributed by atoms with Crippen LogP contribution in [0.2, 0.25) is 0 Å². The Morgan fingerprint density at radius 1 is 1.21 bits per heavy atom. The van der Waals surface area contributed by atoms with Crippen molar-refractivity contribution < 1.29 is 9.90 Å². The molecule has 0 radical (unpaired) electrons. The Kier molecular flexibility index (Phi) is 6.31. The van der Waals surface area contributed by atoms with E-state index in [0.29, 0.717) is 24.7 Å². The Hall–Kier alpha value is -2.18. The highest BCUT2D eigenvalue weighted by molar-refractivity contribution is 5.94. The molecule has 2 heterocycles. The normalized spacial score (nSPS) is 19.0. The van der Waals surface area contributed by atoms with Crippen LogP contribution >= 0.6 is 0 Å². The van der Waals surface area contributed by atoms with Crippen LogP contribution < -0.4 is 5.32 Å². The first kappa shape index (κ1) is 20.1. The molecular weight excluding hydrogens is 364 g/mol. The first-order valence-electron chi connectivity index (χ1n) is 11.0. The van der Waals surface area contributed by atoms with Crippen molar-refractivity contribution in [2.24, 2.45) is 5.92 Å². The van der Waals surface area contributed by atoms with Gasteiger partial charge in [0.1, 0.15) is 5.82 Å². The standard InChI is InChI=1S/C23H32N4O2/c1-17(18-8-4-2-5-9-18)24-23(29)21-20-16-26(14-15-28)12-13-27(20)22(25-21)19-10-6-3-7-11-19/h3,6-7,10-11,17-18,28H,2,4-5,8-9,12-16H2,1H3,(H,24,29)/t17-/m1/s1. The maximum absolute atomic E-state index is 13.2. The summed E-state index contributed by atoms with van der Waals surface area (Å²) < 4.78 is 2.18. The van der Waals surface area contributed by atoms with E-state index in [1.807, 2.05) is 30.3 Å². The second kappa shape index (κ2) is 9.09. The molecule has 4 rings (SSSR count). The monoisotopic (exact) mass is 396 g/mol. The van der Waals surface area contributed by atoms with Crippen molar-refractivity contribution in [2.75, 3.05) is 19.7 Å². The quantitative estimate of drug-likeness (QED) is 0.787. The molecule has 6 nitrogen and oxygen atoms in total. The van der Waals surface area contributed by atoms with Gasteiger partial charge in [0.15, 0.2) is 5.69 Å². The summed E-state index contributed by atoms with van der Waals surface area (Å²) in [6.07, 6.45) is 6.23. The fourth-order valence-corrected chi connectivity index (χ4v) is 4.77. The molecule has 1 aliphatic heterocycles. The molecule has 1 saturated carbocycles. The summed E-state index contributed by atoms with van der Waals surface area (Å²) in [5.74, 6) is 1.35. The molecule has 6 heteroatoms. The molecule has 1 aliphatic carbocycles. The second-order valence-electron chi connectivity index (χ2n) is 8.41. The Morgan fingerprint density at radius 2 is 1.97 bits per heavy atom. The highest BCUT2D eigenvalue weighted by atomic mass is 16.3. The first-order chi connectivity index (χ1) is 14.2. The van der Waals surface area contributed by atoms with Gasteiger partial charge in [-0.25, -0.2) is 4.98 Å². The van der Waals surface area contributed by atoms with Crippen molar-refractivity contribution in [2.45, 2.75) is 58.2 Å². The number of benzene rings is 1. The van der Waals surface area contributed by atoms with Gasteiger partial charge in [-0.2, -0.15) is 0 Å². The zero-order valence-electron chi connectivity index (χ0n) is 17.3. The molecule has 0 bridgehead atoms. The summed E-state index contributed by atoms with van der Waals surface area (Å²) in [6, 6.07) is 10.2. The zero-order valence-corrected chi connectivity index (χ0v) is 17.3. The maximum atomic E-state index is 13.2. The number of rotatable bonds is 6. The summed E-state index contributed by atoms with van der Waals surface area (Å²) in [4.78, 5) is 20.2. The number of aliphatic hydroxyl groups is 1. The van der Waals surface area contributed by atoms with E-state index in [4.69, 9.17) is 4.98 Å². The number of aromatic nitrogens is 2. The van der Waals surface area contributed by atoms with E-state index in [0.717, 1.165) is 30.2 Å². The van der Waals surface area contributed by atoms with Crippen LogP contribution in [0.4, 0.5) is 0 Å². The van der Waals surface area contributed by atoms with Crippen molar-refractivity contribution in [3.63, 3.8) is 0 Å². The summed E-state index contributed by atoms with van der Waals surface area (Å²) in [5.41, 5.74) is 2.52. The van der Waals surface area contributed by atoms with Crippen LogP contribution in [0.15, 0.2) is 30.3 Å². The predicted octanol–water partition coefficient (Wildman–Crippen LogP) is 3.06. The lowest BCUT2D eigenvalue weighted by Crippen LogP contribution is -2.40. The lowest BCUT2D eigenvalue weighted by molar-refractivity contribution is 0.0910. The van der Waals surface area contributed by atoms with Crippen LogP contribution in [0.3, 0.4) is 0 Å². The van der Waals surface area contributed by atoms with Crippen molar-refractivity contribution in [3.8, 4) is 11.4 Å². The molecule has 0 unspecified atom stereocenters. The number of nitrogens with zero attached hydrogens (tertiary/aromatic N) is 3. The van der Waals surface area contributed by atoms with Gasteiger partial charge in [-0.15, -0.1) is 0 Å². The lowest BCUT2D eigenvalue weighted by Gasteiger charge is -2.29. The van der Waals surface area contributed by atoms with E-state index >= 15 is 0 Å². The van der Waals surface area contributed by atoms with E-state index in [9.17, 15) is 9.90 Å². The molecule has 2 aliphatic rings. The molecule has 1 atom stereocenters. The van der Waals surface area contributed by atoms with Gasteiger partial charge in [0.2, 0.25) is 0 Å². The molecule has 156 valence electrons. The molecule has 1 aromatic heterocycles. The van der Waals surface area contributed by atoms with Gasteiger partial charge in [0, 0.05) is 37.8 Å². The van der Waals surface area contributed by atoms with Crippen molar-refractivity contribution in [1.82, 2.24) is 19.8 Å². The summed E-state index contributed by atoms with van der Waals surface area (Å²) in [6.45, 7) is 5.14. The van der Waals surface area contributed by atoms with Gasteiger partial charge in [-0.05, 0) is 25.7 Å². The minimum Gasteiger partial charge on any atom is -0.395 e. The molecule has 1 amide bonds. The number of β-amino-alcohol motifs (C(OH)–C–C–N with tert-alkyl or cyclic N) is 1. The third kappa shape index (κ3) is 4.38. The molecule has 2 aromatic rings. The Labute approximate surface area is 172 Å². The summed E-state index contributed by atoms with van der Waals surface area (Å²) >= 11 is 0. The van der Waals surface area contributed by atoms with Crippen molar-refractivity contribution in [3.05, 3.63) is 41.7 Å². The Bertz CT molecular complexity index is 827. The molecule has 0 spiro atoms. The second-order valence-corrected chi connectivity index (χ2v) is 8.41. The van der Waals surface area contributed by atoms with Crippen LogP contribution in [-0.2, 0) is 13.1 Å². The van der Waals surface area contributed by atoms with Gasteiger partial charge in [0.25, 0.3) is 5.91 Å². The number of carbonyl (C=O) groups excluding carboxylic acids is 1. The van der Waals surface area contributed by atoms with E-state index in [1.165, 1.54) is 32.1 Å². The predicted molar refractivity (Wildman–Crippen MR) is 114 cm³/mol. The van der Waals surface area contributed by atoms with Crippen LogP contribution in [0, 0.1) is 5.92 Å². The first-order valence-corrected chi connectivity index (χ1v) is 11.0. The Balaban J connectivity index is 1.61. The molecule has 2 N–H and O–H groups in total. The number of imidazole rings is 1. The van der Waals surface area contributed by atoms with Gasteiger partial charge < -0.3 is 15.0 Å². The molecular formula is C23H32N4O2. The number of amides is 1. The highest BCUT2D eigenvalue weighted by Gasteiger charge is 2.29. The summed E-state index contributed by atoms with van der Waals surface area (Å²) in [5, 5.41) is 12.6. The zero-order chi connectivity index (χ0) is 20.2. The average Bonchev–Trinajstić information content (AvgIpc) is 3.14. The van der Waals surface area contributed by atoms with Crippen molar-refractivity contribution in [1.29, 1.82) is 0 Å². The van der Waals surface area contributed by atoms with Crippen molar-refractivity contribution >= 4 is 5.91 Å². The lowest BCUT2D eigenvalue weighted by atomic mass is 9.84. The molecule has 29 heavy (non-hydrogen) atoms. The average molecular weight is 397 g/mol. The number of hydrogen-bond acceptors (Lipinski definition) is 4. The minimum absolute atomic E-state index is 0.0696. The number of fused-ring (bicyclic) bond motifs is 1. The maximum Gasteiger partial charge on any atom is 0.272 e. The minimum atomic E-state index is -0.0696. The SMILES string of the molecule is C[C@@H](NC(=O)c1nc(-c2ccccc2)n2c1CN(CCO)CC2)C1CCCCC1. The van der Waals surface area contributed by atoms with E-state index in [2.05, 4.69) is 21.7 Å². The van der Waals surface area contributed by atoms with Crippen LogP contribution in [0.25, 0.3) is 11.4 Å². The molecule has 0 saturated heterocycles. The van der Waals surface area contributed by atoms with Gasteiger partial charge in [-0.3, -0.25) is 9.69 Å². The fourth-order valence-electron chi connectivity index (χ4n) is 4.77. The van der Waals surface area contributed by atoms with Crippen LogP contribution in [-0.4, -0.2) is 51.2 Å². The molecule has 1 aromatic carbocycles. The van der Waals surface area contributed by atoms with Gasteiger partial charge >= 0.3 is 0 Å². The summed E-state index contributed by atoms with van der Waals surface area (Å²) in [7, 11) is 0. The Morgan fingerprint density at radius 3 is 2.69 bits per heavy atom. The van der Waals surface area contributed by atoms with E-state index in [-0.39, 0.29) is 18.6 Å². The van der Waals surface area contributed by atoms with E-state index in [1.54, 1.807) is 0 Å². The van der Waals surface area contributed by atoms with Gasteiger partial charge in [-0.1, -0.05) is 49.6 Å². The largest absolute Gasteiger partial charge is 0.395 e. The van der Waals surface area contributed by atoms with E-state index < -0.39 is 0 Å². The van der Waals surface area contributed by atoms with Crippen LogP contribution in [0.1, 0.15) is 55.2 Å².